The van der Waals surface area contributed by atoms with Crippen LogP contribution in [0.1, 0.15) is 48.5 Å². The van der Waals surface area contributed by atoms with Crippen LogP contribution in [0.4, 0.5) is 4.39 Å². The van der Waals surface area contributed by atoms with Crippen LogP contribution in [-0.2, 0) is 5.60 Å². The first kappa shape index (κ1) is 18.9. The molecule has 0 bridgehead atoms. The van der Waals surface area contributed by atoms with Crippen LogP contribution < -0.4 is 5.32 Å². The fourth-order valence-corrected chi connectivity index (χ4v) is 4.66. The second-order valence-corrected chi connectivity index (χ2v) is 7.67. The molecular formula is C25H26FNO. The average Bonchev–Trinajstić information content (AvgIpc) is 2.75. The van der Waals surface area contributed by atoms with Crippen molar-refractivity contribution in [3.05, 3.63) is 107 Å². The van der Waals surface area contributed by atoms with Gasteiger partial charge in [0.1, 0.15) is 5.82 Å². The van der Waals surface area contributed by atoms with E-state index in [0.29, 0.717) is 6.42 Å². The maximum Gasteiger partial charge on any atom is 0.123 e. The van der Waals surface area contributed by atoms with E-state index >= 15 is 0 Å². The van der Waals surface area contributed by atoms with Crippen molar-refractivity contribution in [3.8, 4) is 0 Å². The van der Waals surface area contributed by atoms with Gasteiger partial charge >= 0.3 is 0 Å². The zero-order valence-electron chi connectivity index (χ0n) is 16.1. The van der Waals surface area contributed by atoms with Crippen molar-refractivity contribution in [2.24, 2.45) is 5.92 Å². The van der Waals surface area contributed by atoms with E-state index in [-0.39, 0.29) is 23.8 Å². The largest absolute Gasteiger partial charge is 0.385 e. The van der Waals surface area contributed by atoms with Crippen molar-refractivity contribution in [2.75, 3.05) is 0 Å². The molecule has 1 aliphatic rings. The van der Waals surface area contributed by atoms with Gasteiger partial charge in [-0.1, -0.05) is 79.7 Å². The Labute approximate surface area is 166 Å². The van der Waals surface area contributed by atoms with Crippen LogP contribution in [-0.4, -0.2) is 5.11 Å². The molecule has 0 aromatic heterocycles. The maximum atomic E-state index is 13.5. The second kappa shape index (κ2) is 7.86. The van der Waals surface area contributed by atoms with Crippen LogP contribution in [0.5, 0.6) is 0 Å². The van der Waals surface area contributed by atoms with E-state index in [9.17, 15) is 9.50 Å². The molecule has 4 rings (SSSR count). The molecule has 2 N–H and O–H groups in total. The molecule has 1 heterocycles. The molecular weight excluding hydrogens is 349 g/mol. The van der Waals surface area contributed by atoms with E-state index in [1.54, 1.807) is 12.1 Å². The van der Waals surface area contributed by atoms with Crippen LogP contribution >= 0.6 is 0 Å². The van der Waals surface area contributed by atoms with Crippen molar-refractivity contribution < 1.29 is 9.50 Å². The molecule has 0 radical (unpaired) electrons. The predicted molar refractivity (Wildman–Crippen MR) is 110 cm³/mol. The Hall–Kier alpha value is -2.49. The molecule has 1 fully saturated rings. The van der Waals surface area contributed by atoms with E-state index in [1.807, 2.05) is 36.4 Å². The maximum absolute atomic E-state index is 13.5. The quantitative estimate of drug-likeness (QED) is 0.630. The van der Waals surface area contributed by atoms with Gasteiger partial charge in [-0.3, -0.25) is 0 Å². The van der Waals surface area contributed by atoms with Crippen LogP contribution in [0, 0.1) is 11.7 Å². The van der Waals surface area contributed by atoms with Gasteiger partial charge in [0.2, 0.25) is 0 Å². The molecule has 3 aromatic carbocycles. The summed E-state index contributed by atoms with van der Waals surface area (Å²) in [6.45, 7) is 2.11. The molecule has 28 heavy (non-hydrogen) atoms. The monoisotopic (exact) mass is 375 g/mol. The minimum Gasteiger partial charge on any atom is -0.385 e. The zero-order chi connectivity index (χ0) is 19.6. The Bertz CT molecular complexity index is 897. The summed E-state index contributed by atoms with van der Waals surface area (Å²) in [5.74, 6) is -0.311. The van der Waals surface area contributed by atoms with E-state index in [0.717, 1.165) is 23.1 Å². The molecule has 144 valence electrons. The van der Waals surface area contributed by atoms with Crippen LogP contribution in [0.3, 0.4) is 0 Å². The summed E-state index contributed by atoms with van der Waals surface area (Å²) in [4.78, 5) is 0. The fourth-order valence-electron chi connectivity index (χ4n) is 4.66. The summed E-state index contributed by atoms with van der Waals surface area (Å²) < 4.78 is 13.5. The zero-order valence-corrected chi connectivity index (χ0v) is 16.1. The summed E-state index contributed by atoms with van der Waals surface area (Å²) in [6.07, 6.45) is 1.35. The minimum atomic E-state index is -1.05. The van der Waals surface area contributed by atoms with Gasteiger partial charge in [0.25, 0.3) is 0 Å². The van der Waals surface area contributed by atoms with Crippen molar-refractivity contribution in [3.63, 3.8) is 0 Å². The Kier molecular flexibility index (Phi) is 5.29. The molecule has 0 spiro atoms. The Morgan fingerprint density at radius 3 is 2.04 bits per heavy atom. The average molecular weight is 375 g/mol. The molecule has 0 saturated carbocycles. The number of aliphatic hydroxyl groups is 1. The normalized spacial score (nSPS) is 27.5. The highest BCUT2D eigenvalue weighted by Gasteiger charge is 2.48. The van der Waals surface area contributed by atoms with Crippen LogP contribution in [0.25, 0.3) is 0 Å². The third-order valence-corrected chi connectivity index (χ3v) is 6.06. The van der Waals surface area contributed by atoms with Gasteiger partial charge in [0.05, 0.1) is 5.60 Å². The number of hydrogen-bond donors (Lipinski definition) is 2. The first-order chi connectivity index (χ1) is 13.6. The molecule has 0 unspecified atom stereocenters. The molecule has 1 saturated heterocycles. The number of piperidine rings is 1. The summed E-state index contributed by atoms with van der Waals surface area (Å²) in [5.41, 5.74) is 2.05. The van der Waals surface area contributed by atoms with Crippen LogP contribution in [0.2, 0.25) is 0 Å². The number of benzene rings is 3. The van der Waals surface area contributed by atoms with Crippen LogP contribution in [0.15, 0.2) is 84.9 Å². The predicted octanol–water partition coefficient (Wildman–Crippen LogP) is 5.52. The molecule has 2 nitrogen and oxygen atoms in total. The van der Waals surface area contributed by atoms with Crippen molar-refractivity contribution >= 4 is 0 Å². The number of rotatable bonds is 4. The van der Waals surface area contributed by atoms with E-state index in [4.69, 9.17) is 0 Å². The molecule has 3 aromatic rings. The molecule has 0 amide bonds. The first-order valence-electron chi connectivity index (χ1n) is 9.96. The summed E-state index contributed by atoms with van der Waals surface area (Å²) >= 11 is 0. The topological polar surface area (TPSA) is 32.3 Å². The number of halogens is 1. The number of hydrogen-bond acceptors (Lipinski definition) is 2. The minimum absolute atomic E-state index is 0.000194. The smallest absolute Gasteiger partial charge is 0.123 e. The highest BCUT2D eigenvalue weighted by molar-refractivity contribution is 5.32. The van der Waals surface area contributed by atoms with E-state index in [1.165, 1.54) is 12.1 Å². The fraction of sp³-hybridized carbons (Fsp3) is 0.280. The van der Waals surface area contributed by atoms with Crippen molar-refractivity contribution in [1.29, 1.82) is 0 Å². The Morgan fingerprint density at radius 2 is 1.46 bits per heavy atom. The standard InChI is InChI=1S/C25H26FNO/c1-2-22-24(19-11-7-4-8-12-19)27-23(18-9-5-3-6-10-18)17-25(22,28)20-13-15-21(26)16-14-20/h3-16,22-24,27-28H,2,17H2,1H3/t22-,23-,24-,25-/m1/s1. The lowest BCUT2D eigenvalue weighted by atomic mass is 9.67. The lowest BCUT2D eigenvalue weighted by Gasteiger charge is -2.49. The van der Waals surface area contributed by atoms with Gasteiger partial charge in [-0.05, 0) is 35.2 Å². The third-order valence-electron chi connectivity index (χ3n) is 6.06. The van der Waals surface area contributed by atoms with Gasteiger partial charge in [0.15, 0.2) is 0 Å². The highest BCUT2D eigenvalue weighted by Crippen LogP contribution is 2.49. The molecule has 4 atom stereocenters. The highest BCUT2D eigenvalue weighted by atomic mass is 19.1. The third kappa shape index (κ3) is 3.48. The SMILES string of the molecule is CC[C@@H]1[C@@H](c2ccccc2)N[C@@H](c2ccccc2)C[C@@]1(O)c1ccc(F)cc1. The van der Waals surface area contributed by atoms with Gasteiger partial charge in [-0.2, -0.15) is 0 Å². The Balaban J connectivity index is 1.81. The summed E-state index contributed by atoms with van der Waals surface area (Å²) in [6, 6.07) is 26.9. The van der Waals surface area contributed by atoms with E-state index in [2.05, 4.69) is 36.5 Å². The number of nitrogens with one attached hydrogen (secondary N) is 1. The summed E-state index contributed by atoms with van der Waals surface area (Å²) in [7, 11) is 0. The summed E-state index contributed by atoms with van der Waals surface area (Å²) in [5, 5.41) is 15.8. The lowest BCUT2D eigenvalue weighted by molar-refractivity contribution is -0.0830. The Morgan fingerprint density at radius 1 is 0.893 bits per heavy atom. The van der Waals surface area contributed by atoms with Gasteiger partial charge in [0, 0.05) is 24.4 Å². The molecule has 1 aliphatic heterocycles. The van der Waals surface area contributed by atoms with Crippen molar-refractivity contribution in [1.82, 2.24) is 5.32 Å². The van der Waals surface area contributed by atoms with E-state index < -0.39 is 5.60 Å². The van der Waals surface area contributed by atoms with Gasteiger partial charge in [-0.25, -0.2) is 4.39 Å². The second-order valence-electron chi connectivity index (χ2n) is 7.67. The van der Waals surface area contributed by atoms with Gasteiger partial charge < -0.3 is 10.4 Å². The first-order valence-corrected chi connectivity index (χ1v) is 9.96. The molecule has 0 aliphatic carbocycles. The van der Waals surface area contributed by atoms with Crippen molar-refractivity contribution in [2.45, 2.75) is 37.5 Å². The molecule has 3 heteroatoms. The lowest BCUT2D eigenvalue weighted by Crippen LogP contribution is -2.51. The van der Waals surface area contributed by atoms with Gasteiger partial charge in [-0.15, -0.1) is 0 Å².